The van der Waals surface area contributed by atoms with E-state index in [1.807, 2.05) is 12.1 Å². The summed E-state index contributed by atoms with van der Waals surface area (Å²) in [6.07, 6.45) is 5.54. The smallest absolute Gasteiger partial charge is 0.320 e. The second-order valence-electron chi connectivity index (χ2n) is 5.65. The van der Waals surface area contributed by atoms with Crippen molar-refractivity contribution in [2.24, 2.45) is 0 Å². The van der Waals surface area contributed by atoms with Gasteiger partial charge in [0, 0.05) is 25.3 Å². The number of pyridine rings is 1. The highest BCUT2D eigenvalue weighted by Gasteiger charge is 2.30. The van der Waals surface area contributed by atoms with Crippen molar-refractivity contribution in [1.29, 1.82) is 0 Å². The van der Waals surface area contributed by atoms with Crippen LogP contribution in [0.5, 0.6) is 0 Å². The monoisotopic (exact) mass is 290 g/mol. The summed E-state index contributed by atoms with van der Waals surface area (Å²) in [4.78, 5) is 18.4. The number of hydrogen-bond acceptors (Lipinski definition) is 4. The number of aromatic nitrogens is 1. The first-order chi connectivity index (χ1) is 10.3. The molecule has 2 N–H and O–H groups in total. The highest BCUT2D eigenvalue weighted by molar-refractivity contribution is 5.88. The number of carbonyl (C=O) groups excluding carboxylic acids is 1. The number of fused-ring (bicyclic) bond motifs is 1. The van der Waals surface area contributed by atoms with Gasteiger partial charge < -0.3 is 10.1 Å². The van der Waals surface area contributed by atoms with Gasteiger partial charge >= 0.3 is 6.03 Å². The molecule has 2 atom stereocenters. The molecular formula is C15H22N4O2. The Morgan fingerprint density at radius 3 is 3.24 bits per heavy atom. The molecule has 0 radical (unpaired) electrons. The Balaban J connectivity index is 1.42. The Labute approximate surface area is 124 Å². The maximum Gasteiger partial charge on any atom is 0.320 e. The summed E-state index contributed by atoms with van der Waals surface area (Å²) in [6.45, 7) is 3.38. The van der Waals surface area contributed by atoms with Crippen LogP contribution in [0.4, 0.5) is 10.6 Å². The molecule has 0 saturated carbocycles. The quantitative estimate of drug-likeness (QED) is 0.884. The Hall–Kier alpha value is -1.66. The van der Waals surface area contributed by atoms with Crippen LogP contribution in [0.2, 0.25) is 0 Å². The number of nitrogens with one attached hydrogen (secondary N) is 2. The minimum Gasteiger partial charge on any atom is -0.373 e. The van der Waals surface area contributed by atoms with Crippen LogP contribution in [-0.2, 0) is 4.74 Å². The summed E-state index contributed by atoms with van der Waals surface area (Å²) >= 11 is 0. The second kappa shape index (κ2) is 6.87. The Morgan fingerprint density at radius 1 is 1.43 bits per heavy atom. The van der Waals surface area contributed by atoms with Gasteiger partial charge in [0.1, 0.15) is 5.82 Å². The fourth-order valence-corrected chi connectivity index (χ4v) is 2.98. The number of urea groups is 1. The third-order valence-corrected chi connectivity index (χ3v) is 4.11. The molecule has 3 rings (SSSR count). The summed E-state index contributed by atoms with van der Waals surface area (Å²) in [7, 11) is 0. The fourth-order valence-electron chi connectivity index (χ4n) is 2.98. The number of hydrogen-bond donors (Lipinski definition) is 2. The van der Waals surface area contributed by atoms with Gasteiger partial charge in [-0.3, -0.25) is 10.2 Å². The molecular weight excluding hydrogens is 268 g/mol. The molecule has 0 unspecified atom stereocenters. The number of amides is 2. The normalized spacial score (nSPS) is 25.9. The SMILES string of the molecule is O=C(NC[C@@H]1CN2CCCC[C@@H]2CO1)Nc1ccccn1. The molecule has 2 aliphatic heterocycles. The number of ether oxygens (including phenoxy) is 1. The zero-order valence-corrected chi connectivity index (χ0v) is 12.1. The van der Waals surface area contributed by atoms with Crippen LogP contribution in [0.1, 0.15) is 19.3 Å². The molecule has 0 spiro atoms. The standard InChI is InChI=1S/C15H22N4O2/c20-15(18-14-6-1-3-7-16-14)17-9-13-10-19-8-4-2-5-12(19)11-21-13/h1,3,6-7,12-13H,2,4-5,8-11H2,(H2,16,17,18,20)/t12-,13-/m1/s1. The number of anilines is 1. The second-order valence-corrected chi connectivity index (χ2v) is 5.65. The van der Waals surface area contributed by atoms with Crippen LogP contribution in [0.3, 0.4) is 0 Å². The molecule has 21 heavy (non-hydrogen) atoms. The average Bonchev–Trinajstić information content (AvgIpc) is 2.54. The van der Waals surface area contributed by atoms with E-state index in [0.29, 0.717) is 18.4 Å². The molecule has 3 heterocycles. The van der Waals surface area contributed by atoms with Gasteiger partial charge in [-0.2, -0.15) is 0 Å². The Morgan fingerprint density at radius 2 is 2.38 bits per heavy atom. The first-order valence-electron chi connectivity index (χ1n) is 7.63. The van der Waals surface area contributed by atoms with E-state index in [0.717, 1.165) is 19.7 Å². The van der Waals surface area contributed by atoms with E-state index in [9.17, 15) is 4.79 Å². The molecule has 1 aromatic heterocycles. The van der Waals surface area contributed by atoms with E-state index in [-0.39, 0.29) is 12.1 Å². The molecule has 1 aromatic rings. The molecule has 0 aromatic carbocycles. The Kier molecular flexibility index (Phi) is 4.67. The molecule has 2 fully saturated rings. The third kappa shape index (κ3) is 3.92. The number of nitrogens with zero attached hydrogens (tertiary/aromatic N) is 2. The van der Waals surface area contributed by atoms with Crippen LogP contribution in [0.25, 0.3) is 0 Å². The van der Waals surface area contributed by atoms with Crippen molar-refractivity contribution >= 4 is 11.8 Å². The first kappa shape index (κ1) is 14.3. The maximum atomic E-state index is 11.8. The highest BCUT2D eigenvalue weighted by Crippen LogP contribution is 2.21. The van der Waals surface area contributed by atoms with Crippen molar-refractivity contribution in [2.75, 3.05) is 31.6 Å². The van der Waals surface area contributed by atoms with Crippen molar-refractivity contribution in [3.05, 3.63) is 24.4 Å². The van der Waals surface area contributed by atoms with Gasteiger partial charge in [-0.05, 0) is 31.5 Å². The summed E-state index contributed by atoms with van der Waals surface area (Å²) < 4.78 is 5.85. The average molecular weight is 290 g/mol. The number of carbonyl (C=O) groups is 1. The first-order valence-corrected chi connectivity index (χ1v) is 7.63. The Bertz CT molecular complexity index is 468. The lowest BCUT2D eigenvalue weighted by atomic mass is 10.0. The molecule has 6 heteroatoms. The van der Waals surface area contributed by atoms with Gasteiger partial charge in [0.25, 0.3) is 0 Å². The van der Waals surface area contributed by atoms with Gasteiger partial charge in [-0.1, -0.05) is 12.5 Å². The van der Waals surface area contributed by atoms with Crippen LogP contribution < -0.4 is 10.6 Å². The summed E-state index contributed by atoms with van der Waals surface area (Å²) in [5.74, 6) is 0.552. The van der Waals surface area contributed by atoms with E-state index in [4.69, 9.17) is 4.74 Å². The van der Waals surface area contributed by atoms with E-state index < -0.39 is 0 Å². The zero-order valence-electron chi connectivity index (χ0n) is 12.1. The lowest BCUT2D eigenvalue weighted by Crippen LogP contribution is -2.54. The molecule has 2 aliphatic rings. The highest BCUT2D eigenvalue weighted by atomic mass is 16.5. The number of morpholine rings is 1. The van der Waals surface area contributed by atoms with Crippen LogP contribution in [0.15, 0.2) is 24.4 Å². The lowest BCUT2D eigenvalue weighted by Gasteiger charge is -2.42. The van der Waals surface area contributed by atoms with E-state index in [2.05, 4.69) is 20.5 Å². The van der Waals surface area contributed by atoms with Crippen LogP contribution in [-0.4, -0.2) is 54.3 Å². The largest absolute Gasteiger partial charge is 0.373 e. The van der Waals surface area contributed by atoms with Crippen LogP contribution in [0, 0.1) is 0 Å². The van der Waals surface area contributed by atoms with Gasteiger partial charge in [0.05, 0.1) is 12.7 Å². The van der Waals surface area contributed by atoms with Gasteiger partial charge in [-0.15, -0.1) is 0 Å². The van der Waals surface area contributed by atoms with Crippen molar-refractivity contribution in [3.8, 4) is 0 Å². The summed E-state index contributed by atoms with van der Waals surface area (Å²) in [5.41, 5.74) is 0. The molecule has 2 amide bonds. The van der Waals surface area contributed by atoms with Gasteiger partial charge in [-0.25, -0.2) is 9.78 Å². The van der Waals surface area contributed by atoms with Gasteiger partial charge in [0.2, 0.25) is 0 Å². The van der Waals surface area contributed by atoms with E-state index in [1.165, 1.54) is 19.3 Å². The molecule has 114 valence electrons. The number of rotatable bonds is 3. The van der Waals surface area contributed by atoms with Crippen molar-refractivity contribution in [1.82, 2.24) is 15.2 Å². The van der Waals surface area contributed by atoms with Crippen LogP contribution >= 0.6 is 0 Å². The molecule has 0 aliphatic carbocycles. The van der Waals surface area contributed by atoms with Crippen molar-refractivity contribution in [3.63, 3.8) is 0 Å². The summed E-state index contributed by atoms with van der Waals surface area (Å²) in [6, 6.07) is 5.75. The van der Waals surface area contributed by atoms with E-state index in [1.54, 1.807) is 12.3 Å². The third-order valence-electron chi connectivity index (χ3n) is 4.11. The molecule has 0 bridgehead atoms. The fraction of sp³-hybridized carbons (Fsp3) is 0.600. The van der Waals surface area contributed by atoms with Crippen molar-refractivity contribution < 1.29 is 9.53 Å². The van der Waals surface area contributed by atoms with Crippen molar-refractivity contribution in [2.45, 2.75) is 31.4 Å². The van der Waals surface area contributed by atoms with E-state index >= 15 is 0 Å². The number of piperidine rings is 1. The lowest BCUT2D eigenvalue weighted by molar-refractivity contribution is -0.0722. The minimum atomic E-state index is -0.238. The molecule has 2 saturated heterocycles. The molecule has 6 nitrogen and oxygen atoms in total. The maximum absolute atomic E-state index is 11.8. The predicted octanol–water partition coefficient (Wildman–Crippen LogP) is 1.46. The predicted molar refractivity (Wildman–Crippen MR) is 80.2 cm³/mol. The van der Waals surface area contributed by atoms with Gasteiger partial charge in [0.15, 0.2) is 0 Å². The zero-order chi connectivity index (χ0) is 14.5. The topological polar surface area (TPSA) is 66.5 Å². The minimum absolute atomic E-state index is 0.0776. The summed E-state index contributed by atoms with van der Waals surface area (Å²) in [5, 5.41) is 5.56.